The minimum Gasteiger partial charge on any atom is -1.00 e. The molecule has 0 aromatic carbocycles. The summed E-state index contributed by atoms with van der Waals surface area (Å²) in [4.78, 5) is 0. The molecule has 0 aliphatic heterocycles. The van der Waals surface area contributed by atoms with Crippen LogP contribution in [0.25, 0.3) is 0 Å². The number of quaternary nitrogens is 4. The highest BCUT2D eigenvalue weighted by atomic mass is 79.9. The first-order valence-electron chi connectivity index (χ1n) is 11.6. The molecule has 0 aromatic heterocycles. The predicted octanol–water partition coefficient (Wildman–Crippen LogP) is -2.07. The number of halogens is 2. The number of hydrogen-bond donors (Lipinski definition) is 0. The van der Waals surface area contributed by atoms with Crippen molar-refractivity contribution in [1.29, 1.82) is 0 Å². The Kier molecular flexibility index (Phi) is 23.2. The Morgan fingerprint density at radius 2 is 0.400 bits per heavy atom. The molecular weight excluding hydrogens is 504 g/mol. The maximum absolute atomic E-state index is 2.27. The van der Waals surface area contributed by atoms with Gasteiger partial charge in [-0.3, -0.25) is 0 Å². The molecule has 0 bridgehead atoms. The summed E-state index contributed by atoms with van der Waals surface area (Å²) in [5.41, 5.74) is 0. The van der Waals surface area contributed by atoms with Gasteiger partial charge in [-0.2, -0.15) is 0 Å². The van der Waals surface area contributed by atoms with Gasteiger partial charge in [-0.1, -0.05) is 0 Å². The van der Waals surface area contributed by atoms with Gasteiger partial charge >= 0.3 is 0 Å². The Morgan fingerprint density at radius 3 is 0.500 bits per heavy atom. The van der Waals surface area contributed by atoms with E-state index in [9.17, 15) is 0 Å². The van der Waals surface area contributed by atoms with E-state index in [1.54, 1.807) is 0 Å². The zero-order chi connectivity index (χ0) is 22.5. The van der Waals surface area contributed by atoms with E-state index in [2.05, 4.69) is 84.6 Å². The van der Waals surface area contributed by atoms with Gasteiger partial charge in [-0.25, -0.2) is 0 Å². The van der Waals surface area contributed by atoms with Crippen molar-refractivity contribution in [2.24, 2.45) is 0 Å². The third kappa shape index (κ3) is 42.8. The number of rotatable bonds is 14. The molecule has 0 spiro atoms. The van der Waals surface area contributed by atoms with Crippen LogP contribution in [-0.2, 0) is 0 Å². The van der Waals surface area contributed by atoms with Crippen LogP contribution in [0.4, 0.5) is 0 Å². The van der Waals surface area contributed by atoms with Crippen molar-refractivity contribution in [3.8, 4) is 0 Å². The molecule has 0 rings (SSSR count). The fourth-order valence-corrected chi connectivity index (χ4v) is 3.05. The molecule has 0 unspecified atom stereocenters. The molecular formula is C24H60Br2N4+2. The lowest BCUT2D eigenvalue weighted by Crippen LogP contribution is -3.00. The zero-order valence-electron chi connectivity index (χ0n) is 23.0. The fraction of sp³-hybridized carbons (Fsp3) is 1.00. The van der Waals surface area contributed by atoms with E-state index in [0.717, 1.165) is 17.9 Å². The number of nitrogens with zero attached hydrogens (tertiary/aromatic N) is 4. The molecule has 0 saturated carbocycles. The van der Waals surface area contributed by atoms with Gasteiger partial charge in [0.25, 0.3) is 0 Å². The van der Waals surface area contributed by atoms with Gasteiger partial charge in [0, 0.05) is 0 Å². The smallest absolute Gasteiger partial charge is 0.0780 e. The second kappa shape index (κ2) is 18.3. The van der Waals surface area contributed by atoms with Crippen LogP contribution in [0, 0.1) is 0 Å². The molecule has 0 saturated heterocycles. The van der Waals surface area contributed by atoms with Crippen molar-refractivity contribution in [3.05, 3.63) is 0 Å². The Bertz CT molecular complexity index is 289. The summed E-state index contributed by atoms with van der Waals surface area (Å²) in [7, 11) is 27.2. The highest BCUT2D eigenvalue weighted by molar-refractivity contribution is 4.43. The molecule has 4 nitrogen and oxygen atoms in total. The standard InChI is InChI=1S/2C12H30N2.2BrH/c2*1-13(2,3)11-9-7-8-10-12-14(4,5)6;;/h2*7-12H2,1-6H3;2*1H/q2*+2;;/p-2. The predicted molar refractivity (Wildman–Crippen MR) is 129 cm³/mol. The monoisotopic (exact) mass is 562 g/mol. The van der Waals surface area contributed by atoms with E-state index in [1.807, 2.05) is 0 Å². The van der Waals surface area contributed by atoms with Gasteiger partial charge in [0.05, 0.1) is 111 Å². The minimum atomic E-state index is 0. The molecule has 0 aromatic rings. The third-order valence-electron chi connectivity index (χ3n) is 4.82. The first-order chi connectivity index (χ1) is 12.4. The average Bonchev–Trinajstić information content (AvgIpc) is 2.43. The summed E-state index contributed by atoms with van der Waals surface area (Å²) in [6, 6.07) is 0. The van der Waals surface area contributed by atoms with Crippen molar-refractivity contribution in [1.82, 2.24) is 0 Å². The summed E-state index contributed by atoms with van der Waals surface area (Å²) in [6.45, 7) is 5.24. The summed E-state index contributed by atoms with van der Waals surface area (Å²) in [5.74, 6) is 0. The number of unbranched alkanes of at least 4 members (excludes halogenated alkanes) is 6. The molecule has 30 heavy (non-hydrogen) atoms. The van der Waals surface area contributed by atoms with Crippen LogP contribution in [0.3, 0.4) is 0 Å². The van der Waals surface area contributed by atoms with Crippen LogP contribution >= 0.6 is 0 Å². The maximum Gasteiger partial charge on any atom is 0.0780 e. The van der Waals surface area contributed by atoms with Crippen LogP contribution in [0.15, 0.2) is 0 Å². The van der Waals surface area contributed by atoms with Gasteiger partial charge in [0.2, 0.25) is 0 Å². The third-order valence-corrected chi connectivity index (χ3v) is 4.82. The Labute approximate surface area is 213 Å². The quantitative estimate of drug-likeness (QED) is 0.168. The van der Waals surface area contributed by atoms with Crippen LogP contribution in [0.5, 0.6) is 0 Å². The first-order valence-corrected chi connectivity index (χ1v) is 11.6. The average molecular weight is 565 g/mol. The van der Waals surface area contributed by atoms with Crippen LogP contribution in [-0.4, -0.2) is 129 Å². The lowest BCUT2D eigenvalue weighted by molar-refractivity contribution is -0.871. The molecule has 0 aliphatic rings. The van der Waals surface area contributed by atoms with Gasteiger partial charge < -0.3 is 51.9 Å². The first kappa shape index (κ1) is 38.1. The zero-order valence-corrected chi connectivity index (χ0v) is 26.2. The van der Waals surface area contributed by atoms with Crippen molar-refractivity contribution in [3.63, 3.8) is 0 Å². The van der Waals surface area contributed by atoms with Gasteiger partial charge in [-0.15, -0.1) is 0 Å². The summed E-state index contributed by atoms with van der Waals surface area (Å²) < 4.78 is 4.43. The molecule has 6 heteroatoms. The maximum atomic E-state index is 2.27. The van der Waals surface area contributed by atoms with Crippen molar-refractivity contribution in [2.45, 2.75) is 51.4 Å². The normalized spacial score (nSPS) is 12.4. The second-order valence-corrected chi connectivity index (χ2v) is 12.9. The largest absolute Gasteiger partial charge is 1.00 e. The Hall–Kier alpha value is 0.800. The molecule has 0 amide bonds. The van der Waals surface area contributed by atoms with Gasteiger partial charge in [-0.05, 0) is 51.4 Å². The molecule has 0 atom stereocenters. The summed E-state index contributed by atoms with van der Waals surface area (Å²) >= 11 is 0. The van der Waals surface area contributed by atoms with Gasteiger partial charge in [0.1, 0.15) is 0 Å². The minimum absolute atomic E-state index is 0. The van der Waals surface area contributed by atoms with E-state index in [0.29, 0.717) is 0 Å². The van der Waals surface area contributed by atoms with E-state index in [1.165, 1.54) is 77.5 Å². The molecule has 0 fully saturated rings. The van der Waals surface area contributed by atoms with Crippen LogP contribution in [0.1, 0.15) is 51.4 Å². The number of hydrogen-bond acceptors (Lipinski definition) is 0. The fourth-order valence-electron chi connectivity index (χ4n) is 3.05. The second-order valence-electron chi connectivity index (χ2n) is 12.9. The van der Waals surface area contributed by atoms with E-state index >= 15 is 0 Å². The van der Waals surface area contributed by atoms with Crippen LogP contribution < -0.4 is 34.0 Å². The Morgan fingerprint density at radius 1 is 0.267 bits per heavy atom. The van der Waals surface area contributed by atoms with E-state index < -0.39 is 0 Å². The molecule has 0 aliphatic carbocycles. The van der Waals surface area contributed by atoms with Crippen LogP contribution in [0.2, 0.25) is 0 Å². The molecule has 0 radical (unpaired) electrons. The van der Waals surface area contributed by atoms with E-state index in [-0.39, 0.29) is 34.0 Å². The highest BCUT2D eigenvalue weighted by Crippen LogP contribution is 2.06. The SMILES string of the molecule is C[N+](C)(C)CCCCCC[N+](C)(C)C.C[N+](C)(C)CCCCCC[N+](C)(C)C.[Br-].[Br-]. The summed E-state index contributed by atoms with van der Waals surface area (Å²) in [5, 5.41) is 0. The topological polar surface area (TPSA) is 0 Å². The van der Waals surface area contributed by atoms with E-state index in [4.69, 9.17) is 0 Å². The van der Waals surface area contributed by atoms with Gasteiger partial charge in [0.15, 0.2) is 0 Å². The molecule has 188 valence electrons. The highest BCUT2D eigenvalue weighted by Gasteiger charge is 2.09. The van der Waals surface area contributed by atoms with Crippen molar-refractivity contribution in [2.75, 3.05) is 111 Å². The summed E-state index contributed by atoms with van der Waals surface area (Å²) in [6.07, 6.45) is 11.1. The lowest BCUT2D eigenvalue weighted by Gasteiger charge is -2.25. The molecule has 0 heterocycles. The van der Waals surface area contributed by atoms with Crippen molar-refractivity contribution >= 4 is 0 Å². The molecule has 0 N–H and O–H groups in total. The lowest BCUT2D eigenvalue weighted by atomic mass is 10.1. The Balaban J connectivity index is -0.000000211. The van der Waals surface area contributed by atoms with Crippen molar-refractivity contribution < 1.29 is 51.9 Å².